The van der Waals surface area contributed by atoms with Gasteiger partial charge < -0.3 is 9.84 Å². The predicted molar refractivity (Wildman–Crippen MR) is 68.2 cm³/mol. The standard InChI is InChI=1S/C15H22O3/c1-2-10-11-6-7-12(18-11)13(10)15(14(16)17)8-4-3-5-9-15/h6-7,10-13H,2-5,8-9H2,1H3,(H,16,17). The Morgan fingerprint density at radius 2 is 1.94 bits per heavy atom. The van der Waals surface area contributed by atoms with Crippen molar-refractivity contribution in [2.75, 3.05) is 0 Å². The molecule has 3 rings (SSSR count). The number of carboxylic acids is 1. The number of fused-ring (bicyclic) bond motifs is 2. The Bertz CT molecular complexity index is 368. The lowest BCUT2D eigenvalue weighted by Crippen LogP contribution is -2.47. The highest BCUT2D eigenvalue weighted by Gasteiger charge is 2.58. The molecule has 3 heteroatoms. The fourth-order valence-electron chi connectivity index (χ4n) is 4.47. The van der Waals surface area contributed by atoms with E-state index in [1.165, 1.54) is 6.42 Å². The van der Waals surface area contributed by atoms with Gasteiger partial charge in [-0.2, -0.15) is 0 Å². The number of carboxylic acid groups (broad SMARTS) is 1. The molecule has 0 spiro atoms. The molecule has 0 amide bonds. The van der Waals surface area contributed by atoms with Crippen molar-refractivity contribution in [2.24, 2.45) is 17.3 Å². The van der Waals surface area contributed by atoms with Gasteiger partial charge >= 0.3 is 5.97 Å². The maximum Gasteiger partial charge on any atom is 0.310 e. The molecule has 0 radical (unpaired) electrons. The number of aliphatic carboxylic acids is 1. The second-order valence-corrected chi connectivity index (χ2v) is 6.07. The summed E-state index contributed by atoms with van der Waals surface area (Å²) in [7, 11) is 0. The summed E-state index contributed by atoms with van der Waals surface area (Å²) in [5.41, 5.74) is -0.525. The normalized spacial score (nSPS) is 41.2. The summed E-state index contributed by atoms with van der Waals surface area (Å²) in [6.45, 7) is 2.16. The molecular weight excluding hydrogens is 228 g/mol. The maximum atomic E-state index is 11.9. The summed E-state index contributed by atoms with van der Waals surface area (Å²) in [6, 6.07) is 0. The zero-order chi connectivity index (χ0) is 12.8. The van der Waals surface area contributed by atoms with E-state index in [1.54, 1.807) is 0 Å². The van der Waals surface area contributed by atoms with Crippen molar-refractivity contribution in [1.82, 2.24) is 0 Å². The Labute approximate surface area is 108 Å². The summed E-state index contributed by atoms with van der Waals surface area (Å²) in [5, 5.41) is 9.81. The Hall–Kier alpha value is -0.830. The van der Waals surface area contributed by atoms with Crippen molar-refractivity contribution in [3.05, 3.63) is 12.2 Å². The van der Waals surface area contributed by atoms with Crippen molar-refractivity contribution >= 4 is 5.97 Å². The van der Waals surface area contributed by atoms with Crippen molar-refractivity contribution in [3.63, 3.8) is 0 Å². The van der Waals surface area contributed by atoms with E-state index in [0.717, 1.165) is 32.1 Å². The zero-order valence-corrected chi connectivity index (χ0v) is 11.0. The Balaban J connectivity index is 1.95. The van der Waals surface area contributed by atoms with Crippen LogP contribution in [-0.4, -0.2) is 23.3 Å². The highest BCUT2D eigenvalue weighted by atomic mass is 16.5. The lowest BCUT2D eigenvalue weighted by Gasteiger charge is -2.43. The molecule has 1 saturated heterocycles. The molecule has 2 fully saturated rings. The van der Waals surface area contributed by atoms with Gasteiger partial charge in [0.2, 0.25) is 0 Å². The number of hydrogen-bond acceptors (Lipinski definition) is 2. The van der Waals surface area contributed by atoms with Gasteiger partial charge in [0.1, 0.15) is 0 Å². The Morgan fingerprint density at radius 3 is 2.56 bits per heavy atom. The van der Waals surface area contributed by atoms with Crippen LogP contribution in [0.25, 0.3) is 0 Å². The highest BCUT2D eigenvalue weighted by molar-refractivity contribution is 5.75. The molecule has 100 valence electrons. The molecule has 2 aliphatic heterocycles. The number of rotatable bonds is 3. The minimum absolute atomic E-state index is 0.0501. The molecule has 0 aromatic rings. The van der Waals surface area contributed by atoms with Crippen LogP contribution in [0.2, 0.25) is 0 Å². The summed E-state index contributed by atoms with van der Waals surface area (Å²) in [6.07, 6.45) is 10.4. The van der Waals surface area contributed by atoms with Crippen LogP contribution < -0.4 is 0 Å². The predicted octanol–water partition coefficient (Wildman–Crippen LogP) is 3.00. The van der Waals surface area contributed by atoms with E-state index in [0.29, 0.717) is 5.92 Å². The van der Waals surface area contributed by atoms with Crippen molar-refractivity contribution in [2.45, 2.75) is 57.7 Å². The molecule has 0 aromatic heterocycles. The quantitative estimate of drug-likeness (QED) is 0.783. The minimum atomic E-state index is -0.588. The second kappa shape index (κ2) is 4.37. The van der Waals surface area contributed by atoms with Gasteiger partial charge in [0.05, 0.1) is 17.6 Å². The van der Waals surface area contributed by atoms with Gasteiger partial charge in [-0.05, 0) is 18.8 Å². The number of hydrogen-bond donors (Lipinski definition) is 1. The summed E-state index contributed by atoms with van der Waals surface area (Å²) < 4.78 is 5.94. The largest absolute Gasteiger partial charge is 0.481 e. The Morgan fingerprint density at radius 1 is 1.28 bits per heavy atom. The van der Waals surface area contributed by atoms with Crippen LogP contribution in [-0.2, 0) is 9.53 Å². The molecule has 3 aliphatic rings. The van der Waals surface area contributed by atoms with Gasteiger partial charge in [0.25, 0.3) is 0 Å². The van der Waals surface area contributed by atoms with Gasteiger partial charge in [0, 0.05) is 5.92 Å². The van der Waals surface area contributed by atoms with Crippen molar-refractivity contribution < 1.29 is 14.6 Å². The summed E-state index contributed by atoms with van der Waals surface area (Å²) >= 11 is 0. The van der Waals surface area contributed by atoms with Gasteiger partial charge in [-0.25, -0.2) is 0 Å². The molecule has 0 aromatic carbocycles. The van der Waals surface area contributed by atoms with Crippen molar-refractivity contribution in [1.29, 1.82) is 0 Å². The van der Waals surface area contributed by atoms with E-state index < -0.39 is 11.4 Å². The molecule has 2 heterocycles. The van der Waals surface area contributed by atoms with Crippen LogP contribution >= 0.6 is 0 Å². The SMILES string of the molecule is CCC1C2C=CC(O2)C1C1(C(=O)O)CCCCC1. The van der Waals surface area contributed by atoms with Crippen LogP contribution in [0.5, 0.6) is 0 Å². The summed E-state index contributed by atoms with van der Waals surface area (Å²) in [5.74, 6) is -0.000278. The second-order valence-electron chi connectivity index (χ2n) is 6.07. The lowest BCUT2D eigenvalue weighted by atomic mass is 9.59. The van der Waals surface area contributed by atoms with E-state index in [1.807, 2.05) is 0 Å². The summed E-state index contributed by atoms with van der Waals surface area (Å²) in [4.78, 5) is 11.9. The molecular formula is C15H22O3. The number of carbonyl (C=O) groups is 1. The molecule has 1 aliphatic carbocycles. The first-order valence-corrected chi connectivity index (χ1v) is 7.26. The van der Waals surface area contributed by atoms with Gasteiger partial charge in [-0.15, -0.1) is 0 Å². The first kappa shape index (κ1) is 12.2. The molecule has 18 heavy (non-hydrogen) atoms. The van der Waals surface area contributed by atoms with E-state index >= 15 is 0 Å². The van der Waals surface area contributed by atoms with Crippen LogP contribution in [0, 0.1) is 17.3 Å². The lowest BCUT2D eigenvalue weighted by molar-refractivity contribution is -0.157. The fraction of sp³-hybridized carbons (Fsp3) is 0.800. The molecule has 1 saturated carbocycles. The molecule has 2 bridgehead atoms. The molecule has 4 atom stereocenters. The molecule has 4 unspecified atom stereocenters. The molecule has 3 nitrogen and oxygen atoms in total. The topological polar surface area (TPSA) is 46.5 Å². The monoisotopic (exact) mass is 250 g/mol. The first-order valence-electron chi connectivity index (χ1n) is 7.26. The zero-order valence-electron chi connectivity index (χ0n) is 11.0. The average Bonchev–Trinajstić information content (AvgIpc) is 2.99. The van der Waals surface area contributed by atoms with Crippen LogP contribution in [0.3, 0.4) is 0 Å². The van der Waals surface area contributed by atoms with E-state index in [4.69, 9.17) is 4.74 Å². The third kappa shape index (κ3) is 1.56. The maximum absolute atomic E-state index is 11.9. The van der Waals surface area contributed by atoms with E-state index in [-0.39, 0.29) is 18.1 Å². The first-order chi connectivity index (χ1) is 8.69. The smallest absolute Gasteiger partial charge is 0.310 e. The Kier molecular flexibility index (Phi) is 2.97. The third-order valence-electron chi connectivity index (χ3n) is 5.32. The number of ether oxygens (including phenoxy) is 1. The van der Waals surface area contributed by atoms with E-state index in [9.17, 15) is 9.90 Å². The third-order valence-corrected chi connectivity index (χ3v) is 5.32. The van der Waals surface area contributed by atoms with Gasteiger partial charge in [-0.3, -0.25) is 4.79 Å². The van der Waals surface area contributed by atoms with Crippen LogP contribution in [0.4, 0.5) is 0 Å². The van der Waals surface area contributed by atoms with Crippen LogP contribution in [0.1, 0.15) is 45.4 Å². The molecule has 1 N–H and O–H groups in total. The van der Waals surface area contributed by atoms with Gasteiger partial charge in [0.15, 0.2) is 0 Å². The van der Waals surface area contributed by atoms with Crippen molar-refractivity contribution in [3.8, 4) is 0 Å². The van der Waals surface area contributed by atoms with Gasteiger partial charge in [-0.1, -0.05) is 44.8 Å². The minimum Gasteiger partial charge on any atom is -0.481 e. The van der Waals surface area contributed by atoms with Crippen LogP contribution in [0.15, 0.2) is 12.2 Å². The highest BCUT2D eigenvalue weighted by Crippen LogP contribution is 2.55. The average molecular weight is 250 g/mol. The fourth-order valence-corrected chi connectivity index (χ4v) is 4.47. The van der Waals surface area contributed by atoms with E-state index in [2.05, 4.69) is 19.1 Å².